The number of ether oxygens (including phenoxy) is 3. The molecule has 0 bridgehead atoms. The third kappa shape index (κ3) is 6.22. The summed E-state index contributed by atoms with van der Waals surface area (Å²) in [5, 5.41) is 10.5. The summed E-state index contributed by atoms with van der Waals surface area (Å²) in [6.45, 7) is 2.20. The maximum atomic E-state index is 10.5. The lowest BCUT2D eigenvalue weighted by molar-refractivity contribution is 0.179. The third-order valence-corrected chi connectivity index (χ3v) is 4.51. The topological polar surface area (TPSA) is 47.9 Å². The third-order valence-electron chi connectivity index (χ3n) is 3.63. The number of halogens is 1. The Morgan fingerprint density at radius 3 is 2.22 bits per heavy atom. The highest BCUT2D eigenvalue weighted by molar-refractivity contribution is 14.1. The van der Waals surface area contributed by atoms with Gasteiger partial charge in [-0.2, -0.15) is 0 Å². The predicted octanol–water partition coefficient (Wildman–Crippen LogP) is 5.04. The molecule has 1 unspecified atom stereocenters. The number of aliphatic hydroxyl groups is 1. The largest absolute Gasteiger partial charge is 0.493 e. The molecule has 0 aliphatic rings. The lowest BCUT2D eigenvalue weighted by atomic mass is 10.0. The number of allylic oxidation sites excluding steroid dienone is 1. The van der Waals surface area contributed by atoms with Crippen molar-refractivity contribution in [2.45, 2.75) is 45.1 Å². The number of hydrogen-bond acceptors (Lipinski definition) is 4. The van der Waals surface area contributed by atoms with Gasteiger partial charge in [0, 0.05) is 6.42 Å². The number of methoxy groups -OCH3 is 3. The number of benzene rings is 1. The lowest BCUT2D eigenvalue weighted by Crippen LogP contribution is -2.01. The summed E-state index contributed by atoms with van der Waals surface area (Å²) in [6, 6.07) is 3.60. The molecule has 0 spiro atoms. The zero-order valence-corrected chi connectivity index (χ0v) is 16.6. The van der Waals surface area contributed by atoms with E-state index in [1.807, 2.05) is 0 Å². The lowest BCUT2D eigenvalue weighted by Gasteiger charge is -2.17. The SMILES string of the molecule is CCCCC/C=C(\I)CC(O)c1cc(OC)c(OC)c(OC)c1. The van der Waals surface area contributed by atoms with Crippen LogP contribution in [0.5, 0.6) is 17.2 Å². The summed E-state index contributed by atoms with van der Waals surface area (Å²) in [5.74, 6) is 1.65. The van der Waals surface area contributed by atoms with Crippen LogP contribution in [-0.4, -0.2) is 26.4 Å². The fourth-order valence-corrected chi connectivity index (χ4v) is 3.06. The first-order chi connectivity index (χ1) is 11.1. The fourth-order valence-electron chi connectivity index (χ4n) is 2.33. The van der Waals surface area contributed by atoms with Gasteiger partial charge in [0.25, 0.3) is 0 Å². The minimum Gasteiger partial charge on any atom is -0.493 e. The Bertz CT molecular complexity index is 489. The van der Waals surface area contributed by atoms with E-state index in [0.29, 0.717) is 23.7 Å². The summed E-state index contributed by atoms with van der Waals surface area (Å²) in [6.07, 6.45) is 6.92. The smallest absolute Gasteiger partial charge is 0.203 e. The van der Waals surface area contributed by atoms with E-state index in [1.54, 1.807) is 33.5 Å². The van der Waals surface area contributed by atoms with Crippen LogP contribution in [-0.2, 0) is 0 Å². The summed E-state index contributed by atoms with van der Waals surface area (Å²) in [5.41, 5.74) is 0.760. The number of rotatable bonds is 10. The first kappa shape index (κ1) is 20.1. The Morgan fingerprint density at radius 2 is 1.74 bits per heavy atom. The number of hydrogen-bond donors (Lipinski definition) is 1. The molecule has 0 amide bonds. The van der Waals surface area contributed by atoms with Crippen LogP contribution in [0.4, 0.5) is 0 Å². The first-order valence-electron chi connectivity index (χ1n) is 7.89. The highest BCUT2D eigenvalue weighted by Gasteiger charge is 2.17. The van der Waals surface area contributed by atoms with Gasteiger partial charge in [0.1, 0.15) is 0 Å². The summed E-state index contributed by atoms with van der Waals surface area (Å²) in [7, 11) is 4.72. The maximum Gasteiger partial charge on any atom is 0.203 e. The summed E-state index contributed by atoms with van der Waals surface area (Å²) >= 11 is 2.30. The zero-order valence-electron chi connectivity index (χ0n) is 14.4. The monoisotopic (exact) mass is 434 g/mol. The molecule has 1 atom stereocenters. The van der Waals surface area contributed by atoms with E-state index in [-0.39, 0.29) is 0 Å². The van der Waals surface area contributed by atoms with Gasteiger partial charge in [0.2, 0.25) is 5.75 Å². The highest BCUT2D eigenvalue weighted by atomic mass is 127. The molecule has 0 aliphatic heterocycles. The minimum absolute atomic E-state index is 0.538. The molecule has 1 aromatic carbocycles. The molecule has 0 aromatic heterocycles. The van der Waals surface area contributed by atoms with E-state index < -0.39 is 6.10 Å². The quantitative estimate of drug-likeness (QED) is 0.414. The van der Waals surface area contributed by atoms with Crippen LogP contribution in [0.2, 0.25) is 0 Å². The second-order valence-electron chi connectivity index (χ2n) is 5.33. The fraction of sp³-hybridized carbons (Fsp3) is 0.556. The zero-order chi connectivity index (χ0) is 17.2. The van der Waals surface area contributed by atoms with Crippen LogP contribution in [0, 0.1) is 0 Å². The van der Waals surface area contributed by atoms with Gasteiger partial charge in [0.05, 0.1) is 27.4 Å². The van der Waals surface area contributed by atoms with Crippen molar-refractivity contribution in [3.8, 4) is 17.2 Å². The van der Waals surface area contributed by atoms with Crippen molar-refractivity contribution < 1.29 is 19.3 Å². The van der Waals surface area contributed by atoms with E-state index in [4.69, 9.17) is 14.2 Å². The normalized spacial score (nSPS) is 12.9. The van der Waals surface area contributed by atoms with E-state index in [9.17, 15) is 5.11 Å². The van der Waals surface area contributed by atoms with Crippen molar-refractivity contribution in [2.75, 3.05) is 21.3 Å². The van der Waals surface area contributed by atoms with Gasteiger partial charge in [0.15, 0.2) is 11.5 Å². The van der Waals surface area contributed by atoms with Gasteiger partial charge < -0.3 is 19.3 Å². The van der Waals surface area contributed by atoms with Gasteiger partial charge in [-0.3, -0.25) is 0 Å². The average Bonchev–Trinajstić information content (AvgIpc) is 2.57. The molecule has 0 radical (unpaired) electrons. The molecule has 4 nitrogen and oxygen atoms in total. The standard InChI is InChI=1S/C18H27IO4/c1-5-6-7-8-9-14(19)12-15(20)13-10-16(21-2)18(23-4)17(11-13)22-3/h9-11,15,20H,5-8,12H2,1-4H3/b14-9-. The minimum atomic E-state index is -0.599. The van der Waals surface area contributed by atoms with Gasteiger partial charge in [-0.25, -0.2) is 0 Å². The number of unbranched alkanes of at least 4 members (excludes halogenated alkanes) is 3. The molecule has 1 rings (SSSR count). The molecule has 1 aromatic rings. The highest BCUT2D eigenvalue weighted by Crippen LogP contribution is 2.40. The van der Waals surface area contributed by atoms with E-state index in [0.717, 1.165) is 12.0 Å². The van der Waals surface area contributed by atoms with Crippen molar-refractivity contribution in [3.05, 3.63) is 27.4 Å². The maximum absolute atomic E-state index is 10.5. The van der Waals surface area contributed by atoms with Crippen molar-refractivity contribution >= 4 is 22.6 Å². The van der Waals surface area contributed by atoms with Crippen LogP contribution in [0.15, 0.2) is 21.8 Å². The molecule has 5 heteroatoms. The second kappa shape index (κ2) is 10.8. The van der Waals surface area contributed by atoms with E-state index >= 15 is 0 Å². The Labute approximate surface area is 153 Å². The molecule has 23 heavy (non-hydrogen) atoms. The van der Waals surface area contributed by atoms with E-state index in [1.165, 1.54) is 22.8 Å². The van der Waals surface area contributed by atoms with Crippen LogP contribution in [0.3, 0.4) is 0 Å². The molecule has 1 N–H and O–H groups in total. The number of aliphatic hydroxyl groups excluding tert-OH is 1. The molecule has 0 aliphatic carbocycles. The van der Waals surface area contributed by atoms with Crippen LogP contribution < -0.4 is 14.2 Å². The van der Waals surface area contributed by atoms with Crippen molar-refractivity contribution in [1.82, 2.24) is 0 Å². The van der Waals surface area contributed by atoms with Gasteiger partial charge in [-0.15, -0.1) is 0 Å². The molecular formula is C18H27IO4. The molecule has 0 saturated heterocycles. The molecule has 0 saturated carbocycles. The molecule has 0 heterocycles. The Hall–Kier alpha value is -0.950. The molecule has 0 fully saturated rings. The van der Waals surface area contributed by atoms with Gasteiger partial charge in [-0.1, -0.05) is 25.8 Å². The van der Waals surface area contributed by atoms with Crippen molar-refractivity contribution in [1.29, 1.82) is 0 Å². The van der Waals surface area contributed by atoms with Crippen LogP contribution >= 0.6 is 22.6 Å². The second-order valence-corrected chi connectivity index (χ2v) is 6.71. The summed E-state index contributed by atoms with van der Waals surface area (Å²) < 4.78 is 17.1. The Morgan fingerprint density at radius 1 is 1.13 bits per heavy atom. The van der Waals surface area contributed by atoms with Crippen molar-refractivity contribution in [2.24, 2.45) is 0 Å². The molecular weight excluding hydrogens is 407 g/mol. The van der Waals surface area contributed by atoms with Gasteiger partial charge in [-0.05, 0) is 56.7 Å². The summed E-state index contributed by atoms with van der Waals surface area (Å²) in [4.78, 5) is 0. The van der Waals surface area contributed by atoms with Gasteiger partial charge >= 0.3 is 0 Å². The molecule has 130 valence electrons. The van der Waals surface area contributed by atoms with E-state index in [2.05, 4.69) is 35.6 Å². The Balaban J connectivity index is 2.85. The van der Waals surface area contributed by atoms with Crippen LogP contribution in [0.25, 0.3) is 0 Å². The van der Waals surface area contributed by atoms with Crippen molar-refractivity contribution in [3.63, 3.8) is 0 Å². The first-order valence-corrected chi connectivity index (χ1v) is 8.97. The average molecular weight is 434 g/mol. The predicted molar refractivity (Wildman–Crippen MR) is 102 cm³/mol. The van der Waals surface area contributed by atoms with Crippen LogP contribution in [0.1, 0.15) is 50.7 Å². The Kier molecular flexibility index (Phi) is 9.40.